The Labute approximate surface area is 81.3 Å². The van der Waals surface area contributed by atoms with Crippen LogP contribution < -0.4 is 0 Å². The van der Waals surface area contributed by atoms with Crippen LogP contribution in [0.25, 0.3) is 0 Å². The van der Waals surface area contributed by atoms with Crippen LogP contribution in [0.2, 0.25) is 0 Å². The van der Waals surface area contributed by atoms with Crippen LogP contribution >= 0.6 is 0 Å². The van der Waals surface area contributed by atoms with E-state index in [0.29, 0.717) is 11.8 Å². The summed E-state index contributed by atoms with van der Waals surface area (Å²) in [5.74, 6) is 1.17. The van der Waals surface area contributed by atoms with Gasteiger partial charge < -0.3 is 4.90 Å². The molecule has 1 heterocycles. The van der Waals surface area contributed by atoms with Gasteiger partial charge in [-0.1, -0.05) is 34.6 Å². The molecule has 1 atom stereocenters. The highest BCUT2D eigenvalue weighted by atomic mass is 16.2. The topological polar surface area (TPSA) is 20.3 Å². The van der Waals surface area contributed by atoms with Gasteiger partial charge in [-0.05, 0) is 11.3 Å². The molecule has 0 aromatic heterocycles. The number of likely N-dealkylation sites (tertiary alicyclic amines) is 1. The zero-order valence-corrected chi connectivity index (χ0v) is 9.42. The molecule has 1 amide bonds. The quantitative estimate of drug-likeness (QED) is 0.610. The zero-order valence-electron chi connectivity index (χ0n) is 9.42. The Bertz CT molecular complexity index is 199. The number of carbonyl (C=O) groups excluding carboxylic acids is 1. The lowest BCUT2D eigenvalue weighted by Crippen LogP contribution is -2.52. The van der Waals surface area contributed by atoms with Gasteiger partial charge in [0.15, 0.2) is 0 Å². The van der Waals surface area contributed by atoms with Crippen molar-refractivity contribution in [1.82, 2.24) is 4.90 Å². The van der Waals surface area contributed by atoms with Gasteiger partial charge in [0, 0.05) is 19.0 Å². The number of rotatable bonds is 1. The fraction of sp³-hybridized carbons (Fsp3) is 0.909. The first-order chi connectivity index (χ1) is 5.82. The molecule has 2 heteroatoms. The van der Waals surface area contributed by atoms with E-state index in [1.807, 2.05) is 11.8 Å². The van der Waals surface area contributed by atoms with Gasteiger partial charge in [-0.25, -0.2) is 0 Å². The molecule has 0 aliphatic carbocycles. The van der Waals surface area contributed by atoms with Crippen LogP contribution in [0.15, 0.2) is 0 Å². The lowest BCUT2D eigenvalue weighted by Gasteiger charge is -2.41. The predicted octanol–water partition coefficient (Wildman–Crippen LogP) is 2.15. The molecule has 0 radical (unpaired) electrons. The van der Waals surface area contributed by atoms with Crippen LogP contribution in [0.4, 0.5) is 0 Å². The van der Waals surface area contributed by atoms with E-state index in [9.17, 15) is 4.79 Å². The van der Waals surface area contributed by atoms with E-state index in [1.165, 1.54) is 0 Å². The Morgan fingerprint density at radius 2 is 1.85 bits per heavy atom. The van der Waals surface area contributed by atoms with E-state index in [-0.39, 0.29) is 11.3 Å². The monoisotopic (exact) mass is 183 g/mol. The second kappa shape index (κ2) is 3.32. The summed E-state index contributed by atoms with van der Waals surface area (Å²) < 4.78 is 0. The largest absolute Gasteiger partial charge is 0.342 e. The first-order valence-electron chi connectivity index (χ1n) is 5.11. The standard InChI is InChI=1S/C11H21NO/c1-8-6-12(7-8)10(13)9(2)11(3,4)5/h8-9H,6-7H2,1-5H3/t9-/m1/s1. The summed E-state index contributed by atoms with van der Waals surface area (Å²) in [6.45, 7) is 12.5. The van der Waals surface area contributed by atoms with E-state index < -0.39 is 0 Å². The summed E-state index contributed by atoms with van der Waals surface area (Å²) in [5.41, 5.74) is 0.0932. The van der Waals surface area contributed by atoms with Crippen molar-refractivity contribution in [1.29, 1.82) is 0 Å². The van der Waals surface area contributed by atoms with Crippen LogP contribution in [0, 0.1) is 17.3 Å². The van der Waals surface area contributed by atoms with Crippen LogP contribution in [0.3, 0.4) is 0 Å². The van der Waals surface area contributed by atoms with E-state index in [4.69, 9.17) is 0 Å². The van der Waals surface area contributed by atoms with Gasteiger partial charge in [-0.15, -0.1) is 0 Å². The molecule has 1 aliphatic heterocycles. The van der Waals surface area contributed by atoms with Crippen molar-refractivity contribution in [3.63, 3.8) is 0 Å². The van der Waals surface area contributed by atoms with Gasteiger partial charge in [0.25, 0.3) is 0 Å². The van der Waals surface area contributed by atoms with Gasteiger partial charge in [-0.2, -0.15) is 0 Å². The first-order valence-corrected chi connectivity index (χ1v) is 5.11. The molecule has 1 aliphatic rings. The summed E-state index contributed by atoms with van der Waals surface area (Å²) in [5, 5.41) is 0. The van der Waals surface area contributed by atoms with Gasteiger partial charge >= 0.3 is 0 Å². The third-order valence-electron chi connectivity index (χ3n) is 3.05. The molecule has 2 nitrogen and oxygen atoms in total. The van der Waals surface area contributed by atoms with Crippen molar-refractivity contribution in [2.45, 2.75) is 34.6 Å². The van der Waals surface area contributed by atoms with E-state index in [0.717, 1.165) is 13.1 Å². The molecule has 0 bridgehead atoms. The van der Waals surface area contributed by atoms with Crippen molar-refractivity contribution in [3.05, 3.63) is 0 Å². The van der Waals surface area contributed by atoms with Gasteiger partial charge in [0.05, 0.1) is 0 Å². The molecule has 0 unspecified atom stereocenters. The fourth-order valence-corrected chi connectivity index (χ4v) is 1.52. The van der Waals surface area contributed by atoms with Gasteiger partial charge in [-0.3, -0.25) is 4.79 Å². The normalized spacial score (nSPS) is 21.2. The summed E-state index contributed by atoms with van der Waals surface area (Å²) in [6.07, 6.45) is 0. The third kappa shape index (κ3) is 2.23. The number of hydrogen-bond donors (Lipinski definition) is 0. The van der Waals surface area contributed by atoms with Gasteiger partial charge in [0.1, 0.15) is 0 Å². The predicted molar refractivity (Wildman–Crippen MR) is 54.4 cm³/mol. The first kappa shape index (κ1) is 10.6. The Kier molecular flexibility index (Phi) is 2.69. The Hall–Kier alpha value is -0.530. The van der Waals surface area contributed by atoms with Crippen LogP contribution in [0.1, 0.15) is 34.6 Å². The maximum Gasteiger partial charge on any atom is 0.225 e. The number of amides is 1. The number of nitrogens with zero attached hydrogens (tertiary/aromatic N) is 1. The molecule has 1 rings (SSSR count). The summed E-state index contributed by atoms with van der Waals surface area (Å²) >= 11 is 0. The lowest BCUT2D eigenvalue weighted by molar-refractivity contribution is -0.144. The maximum atomic E-state index is 11.8. The molecule has 0 spiro atoms. The molecule has 0 saturated carbocycles. The highest BCUT2D eigenvalue weighted by molar-refractivity contribution is 5.79. The molecule has 0 aromatic rings. The summed E-state index contributed by atoms with van der Waals surface area (Å²) in [7, 11) is 0. The van der Waals surface area contributed by atoms with Crippen molar-refractivity contribution >= 4 is 5.91 Å². The molecule has 1 fully saturated rings. The van der Waals surface area contributed by atoms with E-state index >= 15 is 0 Å². The Morgan fingerprint density at radius 3 is 2.15 bits per heavy atom. The average molecular weight is 183 g/mol. The summed E-state index contributed by atoms with van der Waals surface area (Å²) in [6, 6.07) is 0. The number of hydrogen-bond acceptors (Lipinski definition) is 1. The van der Waals surface area contributed by atoms with Gasteiger partial charge in [0.2, 0.25) is 5.91 Å². The lowest BCUT2D eigenvalue weighted by atomic mass is 9.80. The maximum absolute atomic E-state index is 11.8. The smallest absolute Gasteiger partial charge is 0.225 e. The minimum Gasteiger partial charge on any atom is -0.342 e. The minimum atomic E-state index is 0.0932. The zero-order chi connectivity index (χ0) is 10.2. The molecule has 76 valence electrons. The Balaban J connectivity index is 2.49. The van der Waals surface area contributed by atoms with Crippen LogP contribution in [0.5, 0.6) is 0 Å². The highest BCUT2D eigenvalue weighted by Crippen LogP contribution is 2.29. The molecular weight excluding hydrogens is 162 g/mol. The van der Waals surface area contributed by atoms with E-state index in [2.05, 4.69) is 27.7 Å². The molecular formula is C11H21NO. The molecule has 0 N–H and O–H groups in total. The van der Waals surface area contributed by atoms with E-state index in [1.54, 1.807) is 0 Å². The SMILES string of the molecule is CC1CN(C(=O)[C@@H](C)C(C)(C)C)C1. The second-order valence-electron chi connectivity index (χ2n) is 5.44. The number of carbonyl (C=O) groups is 1. The van der Waals surface area contributed by atoms with Crippen LogP contribution in [-0.2, 0) is 4.79 Å². The van der Waals surface area contributed by atoms with Crippen molar-refractivity contribution in [3.8, 4) is 0 Å². The average Bonchev–Trinajstić information content (AvgIpc) is 1.94. The second-order valence-corrected chi connectivity index (χ2v) is 5.44. The minimum absolute atomic E-state index is 0.0932. The fourth-order valence-electron chi connectivity index (χ4n) is 1.52. The molecule has 13 heavy (non-hydrogen) atoms. The van der Waals surface area contributed by atoms with Crippen molar-refractivity contribution in [2.24, 2.45) is 17.3 Å². The molecule has 1 saturated heterocycles. The highest BCUT2D eigenvalue weighted by Gasteiger charge is 2.34. The van der Waals surface area contributed by atoms with Crippen molar-refractivity contribution in [2.75, 3.05) is 13.1 Å². The van der Waals surface area contributed by atoms with Crippen molar-refractivity contribution < 1.29 is 4.79 Å². The Morgan fingerprint density at radius 1 is 1.38 bits per heavy atom. The molecule has 0 aromatic carbocycles. The summed E-state index contributed by atoms with van der Waals surface area (Å²) in [4.78, 5) is 13.8. The van der Waals surface area contributed by atoms with Crippen LogP contribution in [-0.4, -0.2) is 23.9 Å². The third-order valence-corrected chi connectivity index (χ3v) is 3.05.